The first kappa shape index (κ1) is 16.6. The minimum absolute atomic E-state index is 0.140. The minimum atomic E-state index is -0.553. The number of benzene rings is 2. The number of hydrogen-bond donors (Lipinski definition) is 1. The van der Waals surface area contributed by atoms with E-state index in [2.05, 4.69) is 4.98 Å². The maximum atomic E-state index is 12.2. The van der Waals surface area contributed by atoms with E-state index in [4.69, 9.17) is 14.2 Å². The van der Waals surface area contributed by atoms with Gasteiger partial charge in [0.15, 0.2) is 0 Å². The van der Waals surface area contributed by atoms with Gasteiger partial charge in [0.1, 0.15) is 23.7 Å². The Morgan fingerprint density at radius 2 is 1.84 bits per heavy atom. The summed E-state index contributed by atoms with van der Waals surface area (Å²) in [6.07, 6.45) is 0. The number of pyridine rings is 1. The molecule has 1 N–H and O–H groups in total. The largest absolute Gasteiger partial charge is 0.497 e. The highest BCUT2D eigenvalue weighted by Gasteiger charge is 2.14. The molecule has 3 aromatic rings. The van der Waals surface area contributed by atoms with Crippen LogP contribution in [0.4, 0.5) is 0 Å². The van der Waals surface area contributed by atoms with Crippen LogP contribution in [0.3, 0.4) is 0 Å². The Balaban J connectivity index is 1.84. The molecule has 0 aliphatic carbocycles. The summed E-state index contributed by atoms with van der Waals surface area (Å²) in [4.78, 5) is 27.2. The normalized spacial score (nSPS) is 10.5. The van der Waals surface area contributed by atoms with Gasteiger partial charge in [-0.3, -0.25) is 4.79 Å². The summed E-state index contributed by atoms with van der Waals surface area (Å²) >= 11 is 0. The lowest BCUT2D eigenvalue weighted by Crippen LogP contribution is -2.16. The average Bonchev–Trinajstić information content (AvgIpc) is 2.65. The zero-order valence-electron chi connectivity index (χ0n) is 13.9. The Kier molecular flexibility index (Phi) is 4.70. The van der Waals surface area contributed by atoms with Crippen LogP contribution in [0.25, 0.3) is 10.9 Å². The van der Waals surface area contributed by atoms with E-state index < -0.39 is 5.97 Å². The van der Waals surface area contributed by atoms with Gasteiger partial charge in [0.25, 0.3) is 5.56 Å². The topological polar surface area (TPSA) is 77.6 Å². The van der Waals surface area contributed by atoms with Crippen molar-refractivity contribution in [1.29, 1.82) is 0 Å². The van der Waals surface area contributed by atoms with Gasteiger partial charge in [-0.05, 0) is 36.4 Å². The lowest BCUT2D eigenvalue weighted by molar-refractivity contribution is 0.0468. The number of methoxy groups -OCH3 is 2. The molecule has 6 nitrogen and oxygen atoms in total. The number of rotatable bonds is 5. The van der Waals surface area contributed by atoms with Gasteiger partial charge >= 0.3 is 5.97 Å². The van der Waals surface area contributed by atoms with E-state index in [0.29, 0.717) is 28.1 Å². The Morgan fingerprint density at radius 3 is 2.60 bits per heavy atom. The van der Waals surface area contributed by atoms with Crippen LogP contribution in [0.15, 0.2) is 53.3 Å². The van der Waals surface area contributed by atoms with Gasteiger partial charge < -0.3 is 19.2 Å². The Bertz CT molecular complexity index is 977. The van der Waals surface area contributed by atoms with E-state index >= 15 is 0 Å². The van der Waals surface area contributed by atoms with Crippen LogP contribution in [-0.2, 0) is 11.3 Å². The van der Waals surface area contributed by atoms with Crippen molar-refractivity contribution in [1.82, 2.24) is 4.98 Å². The summed E-state index contributed by atoms with van der Waals surface area (Å²) in [5, 5.41) is 0.794. The van der Waals surface area contributed by atoms with Gasteiger partial charge in [-0.25, -0.2) is 4.79 Å². The molecule has 0 bridgehead atoms. The van der Waals surface area contributed by atoms with E-state index in [0.717, 1.165) is 5.39 Å². The molecule has 0 fully saturated rings. The van der Waals surface area contributed by atoms with Crippen molar-refractivity contribution < 1.29 is 19.0 Å². The number of esters is 1. The monoisotopic (exact) mass is 339 g/mol. The predicted octanol–water partition coefficient (Wildman–Crippen LogP) is 2.90. The minimum Gasteiger partial charge on any atom is -0.497 e. The maximum absolute atomic E-state index is 12.2. The molecule has 6 heteroatoms. The van der Waals surface area contributed by atoms with Crippen molar-refractivity contribution >= 4 is 16.9 Å². The van der Waals surface area contributed by atoms with E-state index in [1.165, 1.54) is 7.11 Å². The standard InChI is InChI=1S/C19H17NO5/c1-23-14-7-8-16-12(10-14)9-13(18(21)20-16)11-25-19(22)15-5-3-4-6-17(15)24-2/h3-10H,11H2,1-2H3,(H,20,21). The zero-order valence-corrected chi connectivity index (χ0v) is 13.9. The van der Waals surface area contributed by atoms with Crippen LogP contribution in [0.2, 0.25) is 0 Å². The third-order valence-corrected chi connectivity index (χ3v) is 3.81. The highest BCUT2D eigenvalue weighted by atomic mass is 16.5. The number of carbonyl (C=O) groups is 1. The molecule has 128 valence electrons. The highest BCUT2D eigenvalue weighted by Crippen LogP contribution is 2.20. The Morgan fingerprint density at radius 1 is 1.04 bits per heavy atom. The fraction of sp³-hybridized carbons (Fsp3) is 0.158. The molecule has 2 aromatic carbocycles. The van der Waals surface area contributed by atoms with Crippen LogP contribution in [-0.4, -0.2) is 25.2 Å². The van der Waals surface area contributed by atoms with E-state index in [-0.39, 0.29) is 12.2 Å². The third kappa shape index (κ3) is 3.47. The number of ether oxygens (including phenoxy) is 3. The van der Waals surface area contributed by atoms with Crippen molar-refractivity contribution in [3.8, 4) is 11.5 Å². The van der Waals surface area contributed by atoms with Crippen molar-refractivity contribution in [2.24, 2.45) is 0 Å². The number of para-hydroxylation sites is 1. The van der Waals surface area contributed by atoms with Gasteiger partial charge in [0.2, 0.25) is 0 Å². The fourth-order valence-corrected chi connectivity index (χ4v) is 2.50. The number of carbonyl (C=O) groups excluding carboxylic acids is 1. The molecule has 0 aliphatic rings. The average molecular weight is 339 g/mol. The second-order valence-corrected chi connectivity index (χ2v) is 5.35. The Labute approximate surface area is 144 Å². The number of H-pyrrole nitrogens is 1. The maximum Gasteiger partial charge on any atom is 0.342 e. The van der Waals surface area contributed by atoms with Gasteiger partial charge in [-0.2, -0.15) is 0 Å². The van der Waals surface area contributed by atoms with E-state index in [1.54, 1.807) is 55.6 Å². The summed E-state index contributed by atoms with van der Waals surface area (Å²) in [6, 6.07) is 13.8. The molecule has 0 aliphatic heterocycles. The first-order chi connectivity index (χ1) is 12.1. The molecule has 0 unspecified atom stereocenters. The van der Waals surface area contributed by atoms with Crippen LogP contribution < -0.4 is 15.0 Å². The molecule has 25 heavy (non-hydrogen) atoms. The molecule has 0 radical (unpaired) electrons. The van der Waals surface area contributed by atoms with Crippen molar-refractivity contribution in [2.45, 2.75) is 6.61 Å². The lowest BCUT2D eigenvalue weighted by atomic mass is 10.1. The van der Waals surface area contributed by atoms with Crippen LogP contribution in [0, 0.1) is 0 Å². The summed E-state index contributed by atoms with van der Waals surface area (Å²) in [5.74, 6) is 0.545. The smallest absolute Gasteiger partial charge is 0.342 e. The second-order valence-electron chi connectivity index (χ2n) is 5.35. The highest BCUT2D eigenvalue weighted by molar-refractivity contribution is 5.92. The molecule has 0 saturated carbocycles. The third-order valence-electron chi connectivity index (χ3n) is 3.81. The first-order valence-corrected chi connectivity index (χ1v) is 7.62. The van der Waals surface area contributed by atoms with E-state index in [1.807, 2.05) is 0 Å². The second kappa shape index (κ2) is 7.09. The van der Waals surface area contributed by atoms with Crippen molar-refractivity contribution in [2.75, 3.05) is 14.2 Å². The number of hydrogen-bond acceptors (Lipinski definition) is 5. The number of nitrogens with one attached hydrogen (secondary N) is 1. The molecule has 1 aromatic heterocycles. The number of fused-ring (bicyclic) bond motifs is 1. The predicted molar refractivity (Wildman–Crippen MR) is 93.2 cm³/mol. The van der Waals surface area contributed by atoms with Gasteiger partial charge in [-0.15, -0.1) is 0 Å². The quantitative estimate of drug-likeness (QED) is 0.723. The fourth-order valence-electron chi connectivity index (χ4n) is 2.50. The molecule has 0 amide bonds. The molecular formula is C19H17NO5. The summed E-state index contributed by atoms with van der Waals surface area (Å²) < 4.78 is 15.6. The van der Waals surface area contributed by atoms with Crippen LogP contribution in [0.1, 0.15) is 15.9 Å². The summed E-state index contributed by atoms with van der Waals surface area (Å²) in [6.45, 7) is -0.140. The summed E-state index contributed by atoms with van der Waals surface area (Å²) in [5.41, 5.74) is 1.05. The molecule has 3 rings (SSSR count). The first-order valence-electron chi connectivity index (χ1n) is 7.62. The van der Waals surface area contributed by atoms with Crippen molar-refractivity contribution in [3.63, 3.8) is 0 Å². The van der Waals surface area contributed by atoms with Crippen LogP contribution in [0.5, 0.6) is 11.5 Å². The van der Waals surface area contributed by atoms with Crippen LogP contribution >= 0.6 is 0 Å². The lowest BCUT2D eigenvalue weighted by Gasteiger charge is -2.09. The molecule has 1 heterocycles. The zero-order chi connectivity index (χ0) is 17.8. The molecule has 0 saturated heterocycles. The van der Waals surface area contributed by atoms with Gasteiger partial charge in [0, 0.05) is 10.9 Å². The number of aromatic nitrogens is 1. The molecule has 0 spiro atoms. The molecule has 0 atom stereocenters. The summed E-state index contributed by atoms with van der Waals surface area (Å²) in [7, 11) is 3.05. The van der Waals surface area contributed by atoms with Gasteiger partial charge in [0.05, 0.1) is 19.8 Å². The van der Waals surface area contributed by atoms with Crippen molar-refractivity contribution in [3.05, 3.63) is 70.0 Å². The SMILES string of the molecule is COc1ccc2[nH]c(=O)c(COC(=O)c3ccccc3OC)cc2c1. The Hall–Kier alpha value is -3.28. The number of aromatic amines is 1. The molecular weight excluding hydrogens is 322 g/mol. The van der Waals surface area contributed by atoms with Gasteiger partial charge in [-0.1, -0.05) is 12.1 Å². The van der Waals surface area contributed by atoms with E-state index in [9.17, 15) is 9.59 Å².